The molecule has 1 aromatic carbocycles. The average Bonchev–Trinajstić information content (AvgIpc) is 2.37. The fraction of sp³-hybridized carbons (Fsp3) is 0.467. The van der Waals surface area contributed by atoms with Crippen LogP contribution in [0.5, 0.6) is 5.75 Å². The second-order valence-electron chi connectivity index (χ2n) is 4.45. The molecular formula is C15H20O4. The number of hydrogen-bond donors (Lipinski definition) is 0. The lowest BCUT2D eigenvalue weighted by Gasteiger charge is -2.11. The Morgan fingerprint density at radius 2 is 2.05 bits per heavy atom. The van der Waals surface area contributed by atoms with Gasteiger partial charge in [-0.1, -0.05) is 18.2 Å². The van der Waals surface area contributed by atoms with Crippen molar-refractivity contribution in [3.05, 3.63) is 29.8 Å². The largest absolute Gasteiger partial charge is 0.493 e. The summed E-state index contributed by atoms with van der Waals surface area (Å²) in [7, 11) is 0. The van der Waals surface area contributed by atoms with E-state index in [9.17, 15) is 9.59 Å². The molecule has 0 unspecified atom stereocenters. The average molecular weight is 264 g/mol. The van der Waals surface area contributed by atoms with Crippen LogP contribution in [-0.4, -0.2) is 25.0 Å². The van der Waals surface area contributed by atoms with Crippen molar-refractivity contribution < 1.29 is 19.1 Å². The topological polar surface area (TPSA) is 52.6 Å². The molecule has 0 saturated carbocycles. The predicted octanol–water partition coefficient (Wildman–Crippen LogP) is 2.54. The van der Waals surface area contributed by atoms with E-state index in [-0.39, 0.29) is 12.1 Å². The molecule has 19 heavy (non-hydrogen) atoms. The highest BCUT2D eigenvalue weighted by molar-refractivity contribution is 5.70. The van der Waals surface area contributed by atoms with Crippen LogP contribution in [-0.2, 0) is 20.7 Å². The molecule has 0 spiro atoms. The molecule has 1 rings (SSSR count). The zero-order chi connectivity index (χ0) is 14.1. The van der Waals surface area contributed by atoms with Crippen molar-refractivity contribution in [1.82, 2.24) is 0 Å². The number of rotatable bonds is 8. The van der Waals surface area contributed by atoms with Crippen molar-refractivity contribution in [3.8, 4) is 5.75 Å². The maximum Gasteiger partial charge on any atom is 0.306 e. The number of hydrogen-bond acceptors (Lipinski definition) is 4. The summed E-state index contributed by atoms with van der Waals surface area (Å²) in [6.07, 6.45) is 1.99. The van der Waals surface area contributed by atoms with E-state index in [0.29, 0.717) is 25.9 Å². The summed E-state index contributed by atoms with van der Waals surface area (Å²) in [5.41, 5.74) is 0.953. The van der Waals surface area contributed by atoms with Crippen molar-refractivity contribution in [3.63, 3.8) is 0 Å². The van der Waals surface area contributed by atoms with E-state index in [2.05, 4.69) is 0 Å². The van der Waals surface area contributed by atoms with Gasteiger partial charge >= 0.3 is 5.97 Å². The Labute approximate surface area is 113 Å². The molecule has 0 aliphatic heterocycles. The fourth-order valence-electron chi connectivity index (χ4n) is 1.63. The van der Waals surface area contributed by atoms with Gasteiger partial charge in [-0.2, -0.15) is 0 Å². The van der Waals surface area contributed by atoms with Crippen LogP contribution in [0, 0.1) is 0 Å². The summed E-state index contributed by atoms with van der Waals surface area (Å²) >= 11 is 0. The van der Waals surface area contributed by atoms with Gasteiger partial charge < -0.3 is 14.3 Å². The Kier molecular flexibility index (Phi) is 6.64. The molecule has 0 aliphatic carbocycles. The number of esters is 1. The minimum atomic E-state index is -0.210. The van der Waals surface area contributed by atoms with Crippen molar-refractivity contribution in [1.29, 1.82) is 0 Å². The quantitative estimate of drug-likeness (QED) is 0.411. The molecule has 104 valence electrons. The van der Waals surface area contributed by atoms with E-state index in [1.54, 1.807) is 0 Å². The third kappa shape index (κ3) is 6.04. The smallest absolute Gasteiger partial charge is 0.306 e. The van der Waals surface area contributed by atoms with Crippen LogP contribution in [0.3, 0.4) is 0 Å². The minimum absolute atomic E-state index is 0.0911. The molecule has 0 atom stereocenters. The van der Waals surface area contributed by atoms with E-state index in [1.165, 1.54) is 0 Å². The molecule has 0 radical (unpaired) electrons. The Hall–Kier alpha value is -1.84. The van der Waals surface area contributed by atoms with E-state index in [0.717, 1.165) is 17.6 Å². The number of aryl methyl sites for hydroxylation is 1. The van der Waals surface area contributed by atoms with E-state index in [4.69, 9.17) is 9.47 Å². The maximum atomic E-state index is 11.5. The van der Waals surface area contributed by atoms with Crippen molar-refractivity contribution >= 4 is 12.3 Å². The first-order chi connectivity index (χ1) is 9.13. The molecule has 0 aliphatic rings. The summed E-state index contributed by atoms with van der Waals surface area (Å²) in [5, 5.41) is 0. The van der Waals surface area contributed by atoms with Gasteiger partial charge in [-0.3, -0.25) is 4.79 Å². The summed E-state index contributed by atoms with van der Waals surface area (Å²) in [5.74, 6) is 0.513. The number of benzene rings is 1. The first-order valence-corrected chi connectivity index (χ1v) is 6.47. The van der Waals surface area contributed by atoms with Gasteiger partial charge in [0.2, 0.25) is 0 Å². The van der Waals surface area contributed by atoms with Crippen LogP contribution < -0.4 is 4.74 Å². The van der Waals surface area contributed by atoms with E-state index in [1.807, 2.05) is 38.1 Å². The van der Waals surface area contributed by atoms with Crippen molar-refractivity contribution in [2.24, 2.45) is 0 Å². The highest BCUT2D eigenvalue weighted by Gasteiger charge is 2.09. The second kappa shape index (κ2) is 8.29. The molecule has 4 heteroatoms. The molecule has 0 aromatic heterocycles. The third-order valence-electron chi connectivity index (χ3n) is 2.43. The highest BCUT2D eigenvalue weighted by atomic mass is 16.5. The van der Waals surface area contributed by atoms with Crippen molar-refractivity contribution in [2.75, 3.05) is 6.61 Å². The SMILES string of the molecule is CC(C)OC(=O)CCc1ccccc1OCCC=O. The van der Waals surface area contributed by atoms with Gasteiger partial charge in [0.1, 0.15) is 12.0 Å². The first-order valence-electron chi connectivity index (χ1n) is 6.47. The molecule has 0 bridgehead atoms. The van der Waals surface area contributed by atoms with Gasteiger partial charge in [-0.15, -0.1) is 0 Å². The van der Waals surface area contributed by atoms with Crippen LogP contribution >= 0.6 is 0 Å². The second-order valence-corrected chi connectivity index (χ2v) is 4.45. The molecule has 4 nitrogen and oxygen atoms in total. The summed E-state index contributed by atoms with van der Waals surface area (Å²) < 4.78 is 10.6. The number of para-hydroxylation sites is 1. The van der Waals surface area contributed by atoms with Gasteiger partial charge in [-0.25, -0.2) is 0 Å². The standard InChI is InChI=1S/C15H20O4/c1-12(2)19-15(17)9-8-13-6-3-4-7-14(13)18-11-5-10-16/h3-4,6-7,10,12H,5,8-9,11H2,1-2H3. The fourth-order valence-corrected chi connectivity index (χ4v) is 1.63. The minimum Gasteiger partial charge on any atom is -0.493 e. The lowest BCUT2D eigenvalue weighted by atomic mass is 10.1. The molecule has 0 amide bonds. The normalized spacial score (nSPS) is 10.3. The van der Waals surface area contributed by atoms with Crippen LogP contribution in [0.1, 0.15) is 32.3 Å². The van der Waals surface area contributed by atoms with Crippen LogP contribution in [0.25, 0.3) is 0 Å². The Balaban J connectivity index is 2.52. The Morgan fingerprint density at radius 1 is 1.32 bits per heavy atom. The Morgan fingerprint density at radius 3 is 2.74 bits per heavy atom. The van der Waals surface area contributed by atoms with Gasteiger partial charge in [0, 0.05) is 12.8 Å². The lowest BCUT2D eigenvalue weighted by Crippen LogP contribution is -2.12. The summed E-state index contributed by atoms with van der Waals surface area (Å²) in [4.78, 5) is 21.7. The molecular weight excluding hydrogens is 244 g/mol. The molecule has 0 N–H and O–H groups in total. The van der Waals surface area contributed by atoms with Gasteiger partial charge in [0.15, 0.2) is 0 Å². The number of ether oxygens (including phenoxy) is 2. The zero-order valence-electron chi connectivity index (χ0n) is 11.4. The summed E-state index contributed by atoms with van der Waals surface area (Å²) in [6, 6.07) is 7.52. The molecule has 0 heterocycles. The summed E-state index contributed by atoms with van der Waals surface area (Å²) in [6.45, 7) is 4.01. The van der Waals surface area contributed by atoms with Gasteiger partial charge in [0.25, 0.3) is 0 Å². The van der Waals surface area contributed by atoms with Crippen molar-refractivity contribution in [2.45, 2.75) is 39.2 Å². The molecule has 1 aromatic rings. The lowest BCUT2D eigenvalue weighted by molar-refractivity contribution is -0.147. The monoisotopic (exact) mass is 264 g/mol. The molecule has 0 saturated heterocycles. The zero-order valence-corrected chi connectivity index (χ0v) is 11.4. The number of carbonyl (C=O) groups excluding carboxylic acids is 2. The molecule has 0 fully saturated rings. The number of carbonyl (C=O) groups is 2. The maximum absolute atomic E-state index is 11.5. The predicted molar refractivity (Wildman–Crippen MR) is 72.2 cm³/mol. The van der Waals surface area contributed by atoms with E-state index < -0.39 is 0 Å². The van der Waals surface area contributed by atoms with Crippen LogP contribution in [0.4, 0.5) is 0 Å². The first kappa shape index (κ1) is 15.2. The Bertz CT molecular complexity index is 412. The van der Waals surface area contributed by atoms with Crippen LogP contribution in [0.15, 0.2) is 24.3 Å². The number of aldehydes is 1. The van der Waals surface area contributed by atoms with Gasteiger partial charge in [-0.05, 0) is 31.9 Å². The van der Waals surface area contributed by atoms with Crippen LogP contribution in [0.2, 0.25) is 0 Å². The highest BCUT2D eigenvalue weighted by Crippen LogP contribution is 2.20. The van der Waals surface area contributed by atoms with E-state index >= 15 is 0 Å². The van der Waals surface area contributed by atoms with Gasteiger partial charge in [0.05, 0.1) is 12.7 Å². The third-order valence-corrected chi connectivity index (χ3v) is 2.43.